The molecule has 8 heteroatoms. The fourth-order valence-corrected chi connectivity index (χ4v) is 4.29. The van der Waals surface area contributed by atoms with E-state index in [0.29, 0.717) is 40.7 Å². The number of aromatic nitrogens is 1. The minimum Gasteiger partial charge on any atom is -0.493 e. The molecule has 1 heterocycles. The van der Waals surface area contributed by atoms with Crippen molar-refractivity contribution in [2.45, 2.75) is 6.42 Å². The number of nitrogens with zero attached hydrogens (tertiary/aromatic N) is 1. The van der Waals surface area contributed by atoms with E-state index in [1.54, 1.807) is 52.8 Å². The van der Waals surface area contributed by atoms with Gasteiger partial charge in [0.25, 0.3) is 5.91 Å². The molecular formula is C27H25BrN2O5. The first-order chi connectivity index (χ1) is 17.0. The van der Waals surface area contributed by atoms with Crippen LogP contribution in [0, 0.1) is 0 Å². The average molecular weight is 537 g/mol. The monoisotopic (exact) mass is 536 g/mol. The van der Waals surface area contributed by atoms with Crippen molar-refractivity contribution in [1.29, 1.82) is 0 Å². The van der Waals surface area contributed by atoms with Gasteiger partial charge in [0.15, 0.2) is 23.0 Å². The van der Waals surface area contributed by atoms with Crippen LogP contribution in [-0.2, 0) is 6.42 Å². The highest BCUT2D eigenvalue weighted by atomic mass is 79.9. The van der Waals surface area contributed by atoms with Crippen molar-refractivity contribution in [1.82, 2.24) is 4.98 Å². The molecule has 4 rings (SSSR count). The van der Waals surface area contributed by atoms with Crippen LogP contribution in [0.25, 0.3) is 10.8 Å². The Morgan fingerprint density at radius 3 is 2.20 bits per heavy atom. The first kappa shape index (κ1) is 24.3. The van der Waals surface area contributed by atoms with Crippen LogP contribution in [0.3, 0.4) is 0 Å². The molecule has 1 aromatic heterocycles. The van der Waals surface area contributed by atoms with Crippen LogP contribution in [0.4, 0.5) is 5.69 Å². The van der Waals surface area contributed by atoms with E-state index in [1.807, 2.05) is 36.4 Å². The molecule has 1 N–H and O–H groups in total. The number of pyridine rings is 1. The first-order valence-electron chi connectivity index (χ1n) is 10.8. The number of anilines is 1. The maximum absolute atomic E-state index is 13.0. The number of methoxy groups -OCH3 is 4. The molecule has 0 aliphatic heterocycles. The number of carbonyl (C=O) groups excluding carboxylic acids is 1. The number of fused-ring (bicyclic) bond motifs is 1. The number of benzene rings is 3. The number of ether oxygens (including phenoxy) is 4. The maximum Gasteiger partial charge on any atom is 0.255 e. The zero-order chi connectivity index (χ0) is 24.9. The van der Waals surface area contributed by atoms with E-state index >= 15 is 0 Å². The molecule has 7 nitrogen and oxygen atoms in total. The number of nitrogens with one attached hydrogen (secondary N) is 1. The van der Waals surface area contributed by atoms with E-state index < -0.39 is 0 Å². The van der Waals surface area contributed by atoms with Crippen molar-refractivity contribution in [3.05, 3.63) is 82.1 Å². The predicted octanol–water partition coefficient (Wildman–Crippen LogP) is 5.87. The Hall–Kier alpha value is -3.78. The van der Waals surface area contributed by atoms with E-state index in [-0.39, 0.29) is 5.91 Å². The molecule has 35 heavy (non-hydrogen) atoms. The van der Waals surface area contributed by atoms with Gasteiger partial charge in [0, 0.05) is 39.8 Å². The third-order valence-corrected chi connectivity index (χ3v) is 6.15. The smallest absolute Gasteiger partial charge is 0.255 e. The number of halogens is 1. The molecule has 0 aliphatic carbocycles. The molecule has 0 fully saturated rings. The zero-order valence-electron chi connectivity index (χ0n) is 19.8. The second-order valence-electron chi connectivity index (χ2n) is 7.69. The quantitative estimate of drug-likeness (QED) is 0.303. The van der Waals surface area contributed by atoms with Crippen molar-refractivity contribution in [3.63, 3.8) is 0 Å². The highest BCUT2D eigenvalue weighted by molar-refractivity contribution is 9.10. The highest BCUT2D eigenvalue weighted by Crippen LogP contribution is 2.37. The molecule has 0 radical (unpaired) electrons. The van der Waals surface area contributed by atoms with Gasteiger partial charge >= 0.3 is 0 Å². The SMILES string of the molecule is COc1cc(Cc2nccc3cc(OC)c(OC)cc23)c(NC(=O)c2cccc(Br)c2)cc1OC. The van der Waals surface area contributed by atoms with Crippen LogP contribution in [0.15, 0.2) is 65.3 Å². The average Bonchev–Trinajstić information content (AvgIpc) is 2.88. The van der Waals surface area contributed by atoms with Crippen molar-refractivity contribution in [2.75, 3.05) is 33.8 Å². The summed E-state index contributed by atoms with van der Waals surface area (Å²) in [4.78, 5) is 17.7. The fourth-order valence-electron chi connectivity index (χ4n) is 3.89. The Morgan fingerprint density at radius 1 is 0.857 bits per heavy atom. The molecule has 180 valence electrons. The molecule has 0 atom stereocenters. The summed E-state index contributed by atoms with van der Waals surface area (Å²) in [6.07, 6.45) is 2.19. The number of amides is 1. The maximum atomic E-state index is 13.0. The molecule has 4 aromatic rings. The lowest BCUT2D eigenvalue weighted by Gasteiger charge is -2.17. The van der Waals surface area contributed by atoms with E-state index in [9.17, 15) is 4.79 Å². The molecule has 1 amide bonds. The van der Waals surface area contributed by atoms with Gasteiger partial charge in [0.05, 0.1) is 34.1 Å². The summed E-state index contributed by atoms with van der Waals surface area (Å²) in [5, 5.41) is 4.91. The van der Waals surface area contributed by atoms with Crippen LogP contribution in [-0.4, -0.2) is 39.3 Å². The molecular weight excluding hydrogens is 512 g/mol. The lowest BCUT2D eigenvalue weighted by Crippen LogP contribution is -2.14. The van der Waals surface area contributed by atoms with Crippen molar-refractivity contribution >= 4 is 38.3 Å². The largest absolute Gasteiger partial charge is 0.493 e. The third-order valence-electron chi connectivity index (χ3n) is 5.65. The molecule has 0 aliphatic rings. The number of hydrogen-bond donors (Lipinski definition) is 1. The molecule has 0 unspecified atom stereocenters. The van der Waals surface area contributed by atoms with Gasteiger partial charge in [-0.25, -0.2) is 0 Å². The summed E-state index contributed by atoms with van der Waals surface area (Å²) in [5.74, 6) is 2.09. The Kier molecular flexibility index (Phi) is 7.41. The van der Waals surface area contributed by atoms with E-state index in [4.69, 9.17) is 18.9 Å². The van der Waals surface area contributed by atoms with Crippen molar-refractivity contribution < 1.29 is 23.7 Å². The Balaban J connectivity index is 1.79. The van der Waals surface area contributed by atoms with Gasteiger partial charge in [0.1, 0.15) is 0 Å². The summed E-state index contributed by atoms with van der Waals surface area (Å²) in [6, 6.07) is 16.6. The third kappa shape index (κ3) is 5.17. The van der Waals surface area contributed by atoms with E-state index in [0.717, 1.165) is 26.5 Å². The molecule has 0 spiro atoms. The molecule has 0 saturated carbocycles. The highest BCUT2D eigenvalue weighted by Gasteiger charge is 2.17. The second-order valence-corrected chi connectivity index (χ2v) is 8.61. The lowest BCUT2D eigenvalue weighted by molar-refractivity contribution is 0.102. The molecule has 0 bridgehead atoms. The second kappa shape index (κ2) is 10.7. The zero-order valence-corrected chi connectivity index (χ0v) is 21.4. The van der Waals surface area contributed by atoms with Crippen molar-refractivity contribution in [3.8, 4) is 23.0 Å². The van der Waals surface area contributed by atoms with Crippen molar-refractivity contribution in [2.24, 2.45) is 0 Å². The Labute approximate surface area is 212 Å². The van der Waals surface area contributed by atoms with Crippen LogP contribution in [0.5, 0.6) is 23.0 Å². The number of hydrogen-bond acceptors (Lipinski definition) is 6. The van der Waals surface area contributed by atoms with Gasteiger partial charge in [-0.05, 0) is 53.4 Å². The van der Waals surface area contributed by atoms with Crippen LogP contribution in [0.1, 0.15) is 21.6 Å². The Morgan fingerprint density at radius 2 is 1.51 bits per heavy atom. The number of carbonyl (C=O) groups is 1. The van der Waals surface area contributed by atoms with Gasteiger partial charge in [-0.1, -0.05) is 22.0 Å². The molecule has 3 aromatic carbocycles. The summed E-state index contributed by atoms with van der Waals surface area (Å²) in [5.41, 5.74) is 2.77. The summed E-state index contributed by atoms with van der Waals surface area (Å²) in [6.45, 7) is 0. The van der Waals surface area contributed by atoms with Crippen LogP contribution < -0.4 is 24.3 Å². The lowest BCUT2D eigenvalue weighted by atomic mass is 10.0. The summed E-state index contributed by atoms with van der Waals surface area (Å²) >= 11 is 3.42. The van der Waals surface area contributed by atoms with Gasteiger partial charge in [-0.15, -0.1) is 0 Å². The molecule has 0 saturated heterocycles. The summed E-state index contributed by atoms with van der Waals surface area (Å²) < 4.78 is 22.8. The van der Waals surface area contributed by atoms with Crippen LogP contribution in [0.2, 0.25) is 0 Å². The Bertz CT molecular complexity index is 1390. The van der Waals surface area contributed by atoms with Gasteiger partial charge in [0.2, 0.25) is 0 Å². The van der Waals surface area contributed by atoms with Crippen LogP contribution >= 0.6 is 15.9 Å². The topological polar surface area (TPSA) is 78.9 Å². The van der Waals surface area contributed by atoms with Gasteiger partial charge in [-0.2, -0.15) is 0 Å². The standard InChI is InChI=1S/C27H25BrN2O5/c1-32-23-12-16-8-9-29-22(20(16)14-25(23)34-3)11-18-13-24(33-2)26(35-4)15-21(18)30-27(31)17-6-5-7-19(28)10-17/h5-10,12-15H,11H2,1-4H3,(H,30,31). The minimum absolute atomic E-state index is 0.239. The first-order valence-corrected chi connectivity index (χ1v) is 11.6. The normalized spacial score (nSPS) is 10.7. The predicted molar refractivity (Wildman–Crippen MR) is 139 cm³/mol. The number of rotatable bonds is 8. The van der Waals surface area contributed by atoms with E-state index in [1.165, 1.54) is 0 Å². The van der Waals surface area contributed by atoms with E-state index in [2.05, 4.69) is 26.2 Å². The van der Waals surface area contributed by atoms with Gasteiger partial charge in [-0.3, -0.25) is 9.78 Å². The minimum atomic E-state index is -0.239. The summed E-state index contributed by atoms with van der Waals surface area (Å²) in [7, 11) is 6.34. The van der Waals surface area contributed by atoms with Gasteiger partial charge < -0.3 is 24.3 Å². The fraction of sp³-hybridized carbons (Fsp3) is 0.185.